The highest BCUT2D eigenvalue weighted by molar-refractivity contribution is 5.54. The second-order valence-corrected chi connectivity index (χ2v) is 6.32. The van der Waals surface area contributed by atoms with Crippen LogP contribution in [0.4, 0.5) is 5.69 Å². The van der Waals surface area contributed by atoms with Crippen molar-refractivity contribution in [2.24, 2.45) is 5.92 Å². The predicted molar refractivity (Wildman–Crippen MR) is 81.4 cm³/mol. The zero-order valence-corrected chi connectivity index (χ0v) is 12.7. The van der Waals surface area contributed by atoms with Crippen LogP contribution in [-0.2, 0) is 6.54 Å². The van der Waals surface area contributed by atoms with E-state index in [-0.39, 0.29) is 0 Å². The van der Waals surface area contributed by atoms with E-state index in [9.17, 15) is 0 Å². The lowest BCUT2D eigenvalue weighted by molar-refractivity contribution is 0.579. The Morgan fingerprint density at radius 3 is 2.63 bits per heavy atom. The predicted octanol–water partition coefficient (Wildman–Crippen LogP) is 3.20. The molecule has 1 saturated carbocycles. The van der Waals surface area contributed by atoms with Crippen LogP contribution >= 0.6 is 0 Å². The Balaban J connectivity index is 2.15. The van der Waals surface area contributed by atoms with Gasteiger partial charge in [-0.15, -0.1) is 0 Å². The van der Waals surface area contributed by atoms with Gasteiger partial charge in [0.25, 0.3) is 0 Å². The first-order chi connectivity index (χ1) is 9.08. The Labute approximate surface area is 117 Å². The molecule has 3 nitrogen and oxygen atoms in total. The molecule has 106 valence electrons. The summed E-state index contributed by atoms with van der Waals surface area (Å²) in [5.41, 5.74) is 2.70. The lowest BCUT2D eigenvalue weighted by atomic mass is 10.1. The third-order valence-corrected chi connectivity index (χ3v) is 3.44. The van der Waals surface area contributed by atoms with E-state index in [0.717, 1.165) is 19.1 Å². The van der Waals surface area contributed by atoms with Crippen LogP contribution < -0.4 is 10.2 Å². The van der Waals surface area contributed by atoms with Gasteiger partial charge in [-0.1, -0.05) is 27.7 Å². The molecule has 3 heteroatoms. The quantitative estimate of drug-likeness (QED) is 0.817. The van der Waals surface area contributed by atoms with Gasteiger partial charge in [-0.2, -0.15) is 0 Å². The van der Waals surface area contributed by atoms with E-state index in [2.05, 4.69) is 49.0 Å². The van der Waals surface area contributed by atoms with Crippen LogP contribution in [0, 0.1) is 5.92 Å². The SMILES string of the molecule is CC(C)CN(c1ccncc1CNC(C)C)C1CC1. The number of anilines is 1. The van der Waals surface area contributed by atoms with Gasteiger partial charge in [0.2, 0.25) is 0 Å². The molecule has 0 aromatic carbocycles. The van der Waals surface area contributed by atoms with Crippen LogP contribution in [0.1, 0.15) is 46.1 Å². The van der Waals surface area contributed by atoms with Gasteiger partial charge in [0.05, 0.1) is 0 Å². The average Bonchev–Trinajstić information content (AvgIpc) is 3.18. The van der Waals surface area contributed by atoms with E-state index in [0.29, 0.717) is 12.0 Å². The second kappa shape index (κ2) is 6.38. The van der Waals surface area contributed by atoms with E-state index in [1.807, 2.05) is 12.4 Å². The number of hydrogen-bond acceptors (Lipinski definition) is 3. The van der Waals surface area contributed by atoms with Gasteiger partial charge in [-0.05, 0) is 24.8 Å². The Hall–Kier alpha value is -1.09. The topological polar surface area (TPSA) is 28.2 Å². The summed E-state index contributed by atoms with van der Waals surface area (Å²) in [7, 11) is 0. The molecule has 0 radical (unpaired) electrons. The van der Waals surface area contributed by atoms with Crippen molar-refractivity contribution in [1.82, 2.24) is 10.3 Å². The van der Waals surface area contributed by atoms with Gasteiger partial charge >= 0.3 is 0 Å². The third-order valence-electron chi connectivity index (χ3n) is 3.44. The van der Waals surface area contributed by atoms with Gasteiger partial charge in [0.15, 0.2) is 0 Å². The number of nitrogens with one attached hydrogen (secondary N) is 1. The maximum atomic E-state index is 4.30. The van der Waals surface area contributed by atoms with Gasteiger partial charge in [-0.25, -0.2) is 0 Å². The number of nitrogens with zero attached hydrogens (tertiary/aromatic N) is 2. The summed E-state index contributed by atoms with van der Waals surface area (Å²) in [6.07, 6.45) is 6.61. The summed E-state index contributed by atoms with van der Waals surface area (Å²) in [5.74, 6) is 0.694. The number of pyridine rings is 1. The fourth-order valence-corrected chi connectivity index (χ4v) is 2.37. The molecule has 1 N–H and O–H groups in total. The highest BCUT2D eigenvalue weighted by Crippen LogP contribution is 2.33. The molecule has 0 aliphatic heterocycles. The molecule has 0 amide bonds. The molecular formula is C16H27N3. The zero-order chi connectivity index (χ0) is 13.8. The molecule has 1 aromatic rings. The molecule has 1 heterocycles. The first-order valence-electron chi connectivity index (χ1n) is 7.51. The summed E-state index contributed by atoms with van der Waals surface area (Å²) < 4.78 is 0. The van der Waals surface area contributed by atoms with Gasteiger partial charge in [0.1, 0.15) is 0 Å². The lowest BCUT2D eigenvalue weighted by Gasteiger charge is -2.29. The first kappa shape index (κ1) is 14.3. The van der Waals surface area contributed by atoms with Crippen molar-refractivity contribution in [1.29, 1.82) is 0 Å². The largest absolute Gasteiger partial charge is 0.368 e. The molecule has 0 unspecified atom stereocenters. The maximum Gasteiger partial charge on any atom is 0.0445 e. The fraction of sp³-hybridized carbons (Fsp3) is 0.688. The molecule has 1 aromatic heterocycles. The molecule has 1 aliphatic rings. The molecule has 19 heavy (non-hydrogen) atoms. The van der Waals surface area contributed by atoms with Crippen LogP contribution in [0.2, 0.25) is 0 Å². The minimum Gasteiger partial charge on any atom is -0.368 e. The van der Waals surface area contributed by atoms with Crippen LogP contribution in [0.5, 0.6) is 0 Å². The third kappa shape index (κ3) is 4.20. The number of hydrogen-bond donors (Lipinski definition) is 1. The van der Waals surface area contributed by atoms with Crippen LogP contribution in [0.3, 0.4) is 0 Å². The minimum absolute atomic E-state index is 0.507. The van der Waals surface area contributed by atoms with Crippen molar-refractivity contribution >= 4 is 5.69 Å². The fourth-order valence-electron chi connectivity index (χ4n) is 2.37. The second-order valence-electron chi connectivity index (χ2n) is 6.32. The van der Waals surface area contributed by atoms with E-state index in [1.165, 1.54) is 24.1 Å². The van der Waals surface area contributed by atoms with E-state index in [1.54, 1.807) is 0 Å². The van der Waals surface area contributed by atoms with Crippen LogP contribution in [-0.4, -0.2) is 23.6 Å². The Morgan fingerprint density at radius 2 is 2.05 bits per heavy atom. The van der Waals surface area contributed by atoms with E-state index >= 15 is 0 Å². The monoisotopic (exact) mass is 261 g/mol. The van der Waals surface area contributed by atoms with Gasteiger partial charge in [0, 0.05) is 48.8 Å². The molecule has 0 spiro atoms. The van der Waals surface area contributed by atoms with Gasteiger partial charge in [-0.3, -0.25) is 4.98 Å². The molecular weight excluding hydrogens is 234 g/mol. The molecule has 1 fully saturated rings. The summed E-state index contributed by atoms with van der Waals surface area (Å²) in [5, 5.41) is 3.50. The van der Waals surface area contributed by atoms with E-state index < -0.39 is 0 Å². The first-order valence-corrected chi connectivity index (χ1v) is 7.51. The highest BCUT2D eigenvalue weighted by Gasteiger charge is 2.30. The van der Waals surface area contributed by atoms with Gasteiger partial charge < -0.3 is 10.2 Å². The highest BCUT2D eigenvalue weighted by atomic mass is 15.2. The average molecular weight is 261 g/mol. The Kier molecular flexibility index (Phi) is 4.81. The maximum absolute atomic E-state index is 4.30. The Bertz CT molecular complexity index is 397. The molecule has 0 bridgehead atoms. The van der Waals surface area contributed by atoms with E-state index in [4.69, 9.17) is 0 Å². The molecule has 1 aliphatic carbocycles. The summed E-state index contributed by atoms with van der Waals surface area (Å²) in [6.45, 7) is 11.0. The zero-order valence-electron chi connectivity index (χ0n) is 12.7. The number of aromatic nitrogens is 1. The normalized spacial score (nSPS) is 15.3. The smallest absolute Gasteiger partial charge is 0.0445 e. The minimum atomic E-state index is 0.507. The van der Waals surface area contributed by atoms with Crippen LogP contribution in [0.15, 0.2) is 18.5 Å². The Morgan fingerprint density at radius 1 is 1.32 bits per heavy atom. The summed E-state index contributed by atoms with van der Waals surface area (Å²) in [6, 6.07) is 3.44. The van der Waals surface area contributed by atoms with Crippen molar-refractivity contribution in [3.05, 3.63) is 24.0 Å². The molecule has 0 atom stereocenters. The molecule has 2 rings (SSSR count). The molecule has 0 saturated heterocycles. The summed E-state index contributed by atoms with van der Waals surface area (Å²) in [4.78, 5) is 6.88. The van der Waals surface area contributed by atoms with Crippen molar-refractivity contribution in [2.75, 3.05) is 11.4 Å². The number of rotatable bonds is 7. The van der Waals surface area contributed by atoms with Crippen molar-refractivity contribution < 1.29 is 0 Å². The summed E-state index contributed by atoms with van der Waals surface area (Å²) >= 11 is 0. The van der Waals surface area contributed by atoms with Crippen molar-refractivity contribution in [3.63, 3.8) is 0 Å². The van der Waals surface area contributed by atoms with Crippen molar-refractivity contribution in [3.8, 4) is 0 Å². The standard InChI is InChI=1S/C16H27N3/c1-12(2)11-19(15-5-6-15)16-7-8-17-9-14(16)10-18-13(3)4/h7-9,12-13,15,18H,5-6,10-11H2,1-4H3. The van der Waals surface area contributed by atoms with Crippen molar-refractivity contribution in [2.45, 2.75) is 59.2 Å². The van der Waals surface area contributed by atoms with Crippen LogP contribution in [0.25, 0.3) is 0 Å². The lowest BCUT2D eigenvalue weighted by Crippen LogP contribution is -2.32.